The molecule has 1 heterocycles. The van der Waals surface area contributed by atoms with Crippen LogP contribution >= 0.6 is 15.9 Å². The normalized spacial score (nSPS) is 16.8. The Morgan fingerprint density at radius 2 is 1.69 bits per heavy atom. The second-order valence-electron chi connectivity index (χ2n) is 11.0. The molecule has 0 bridgehead atoms. The molecule has 0 spiro atoms. The Labute approximate surface area is 267 Å². The summed E-state index contributed by atoms with van der Waals surface area (Å²) in [4.78, 5) is 43.7. The largest absolute Gasteiger partial charge is 0.465 e. The van der Waals surface area contributed by atoms with Gasteiger partial charge in [0, 0.05) is 44.9 Å². The van der Waals surface area contributed by atoms with E-state index in [1.165, 1.54) is 19.1 Å². The average Bonchev–Trinajstić information content (AvgIpc) is 3.01. The fraction of sp³-hybridized carbons (Fsp3) is 0.548. The molecule has 0 saturated heterocycles. The Kier molecular flexibility index (Phi) is 13.3. The van der Waals surface area contributed by atoms with Gasteiger partial charge in [-0.3, -0.25) is 9.59 Å². The quantitative estimate of drug-likeness (QED) is 0.124. The zero-order valence-electron chi connectivity index (χ0n) is 25.5. The van der Waals surface area contributed by atoms with Gasteiger partial charge in [0.2, 0.25) is 11.8 Å². The van der Waals surface area contributed by atoms with Gasteiger partial charge in [0.15, 0.2) is 11.6 Å². The van der Waals surface area contributed by atoms with Gasteiger partial charge in [-0.1, -0.05) is 22.9 Å². The first-order valence-electron chi connectivity index (χ1n) is 14.4. The fourth-order valence-electron chi connectivity index (χ4n) is 5.25. The highest BCUT2D eigenvalue weighted by molar-refractivity contribution is 9.09. The molecular formula is C31H37BrF4N2O7. The van der Waals surface area contributed by atoms with E-state index in [2.05, 4.69) is 27.8 Å². The monoisotopic (exact) mass is 704 g/mol. The van der Waals surface area contributed by atoms with Crippen LogP contribution in [0.2, 0.25) is 0 Å². The number of hydrogen-bond donors (Lipinski definition) is 0. The van der Waals surface area contributed by atoms with Crippen molar-refractivity contribution in [3.63, 3.8) is 0 Å². The molecule has 0 unspecified atom stereocenters. The van der Waals surface area contributed by atoms with Gasteiger partial charge in [0.1, 0.15) is 11.3 Å². The molecule has 14 heteroatoms. The van der Waals surface area contributed by atoms with Gasteiger partial charge < -0.3 is 23.8 Å². The van der Waals surface area contributed by atoms with Crippen molar-refractivity contribution in [3.8, 4) is 11.6 Å². The lowest BCUT2D eigenvalue weighted by Gasteiger charge is -2.36. The predicted octanol–water partition coefficient (Wildman–Crippen LogP) is 6.54. The van der Waals surface area contributed by atoms with Gasteiger partial charge in [0.05, 0.1) is 42.9 Å². The van der Waals surface area contributed by atoms with Crippen LogP contribution in [0.25, 0.3) is 0 Å². The van der Waals surface area contributed by atoms with Gasteiger partial charge in [0.25, 0.3) is 0 Å². The standard InChI is InChI=1S/C31H37BrF4N2O7/c1-18-5-8-20(9-6-18)29(40)38(21(16-42-2)17-43-3)26-13-25(33)27(12-23(26)30(41)44-4)45-28-24(31(34,35)36)11-19(15-37-28)7-10-22(39)14-32/h11-13,15,18,20-21H,5-10,14,16-17H2,1-4H3/t18-,20-. The molecule has 1 saturated carbocycles. The van der Waals surface area contributed by atoms with Crippen LogP contribution in [-0.2, 0) is 36.4 Å². The summed E-state index contributed by atoms with van der Waals surface area (Å²) in [6, 6.07) is 1.75. The first kappa shape index (κ1) is 36.4. The van der Waals surface area contributed by atoms with Gasteiger partial charge in [-0.25, -0.2) is 14.2 Å². The van der Waals surface area contributed by atoms with Crippen LogP contribution in [0, 0.1) is 17.7 Å². The minimum Gasteiger partial charge on any atom is -0.465 e. The number of carbonyl (C=O) groups excluding carboxylic acids is 3. The van der Waals surface area contributed by atoms with E-state index in [4.69, 9.17) is 18.9 Å². The van der Waals surface area contributed by atoms with Crippen molar-refractivity contribution in [3.05, 3.63) is 46.9 Å². The van der Waals surface area contributed by atoms with Crippen LogP contribution in [0.3, 0.4) is 0 Å². The molecule has 0 aliphatic heterocycles. The predicted molar refractivity (Wildman–Crippen MR) is 160 cm³/mol. The first-order chi connectivity index (χ1) is 21.3. The van der Waals surface area contributed by atoms with Crippen molar-refractivity contribution in [1.29, 1.82) is 0 Å². The van der Waals surface area contributed by atoms with Crippen LogP contribution < -0.4 is 9.64 Å². The number of Topliss-reactive ketones (excluding diaryl/α,β-unsaturated/α-hetero) is 1. The fourth-order valence-corrected chi connectivity index (χ4v) is 5.53. The molecule has 0 atom stereocenters. The average molecular weight is 706 g/mol. The number of hydrogen-bond acceptors (Lipinski definition) is 8. The highest BCUT2D eigenvalue weighted by Crippen LogP contribution is 2.40. The molecule has 248 valence electrons. The lowest BCUT2D eigenvalue weighted by molar-refractivity contribution is -0.139. The Morgan fingerprint density at radius 1 is 1.04 bits per heavy atom. The molecule has 1 fully saturated rings. The summed E-state index contributed by atoms with van der Waals surface area (Å²) in [5, 5.41) is 0.0616. The smallest absolute Gasteiger partial charge is 0.421 e. The molecule has 1 aliphatic carbocycles. The van der Waals surface area contributed by atoms with Crippen molar-refractivity contribution in [2.45, 2.75) is 57.7 Å². The van der Waals surface area contributed by atoms with Gasteiger partial charge in [-0.15, -0.1) is 0 Å². The second kappa shape index (κ2) is 16.5. The van der Waals surface area contributed by atoms with Crippen LogP contribution in [-0.4, -0.2) is 68.6 Å². The maximum absolute atomic E-state index is 15.8. The van der Waals surface area contributed by atoms with Crippen molar-refractivity contribution in [2.24, 2.45) is 11.8 Å². The number of alkyl halides is 4. The van der Waals surface area contributed by atoms with Crippen LogP contribution in [0.5, 0.6) is 11.6 Å². The summed E-state index contributed by atoms with van der Waals surface area (Å²) >= 11 is 3.01. The summed E-state index contributed by atoms with van der Waals surface area (Å²) in [7, 11) is 3.92. The molecule has 2 aromatic rings. The van der Waals surface area contributed by atoms with Gasteiger partial charge >= 0.3 is 12.1 Å². The van der Waals surface area contributed by atoms with Gasteiger partial charge in [-0.2, -0.15) is 13.2 Å². The third-order valence-corrected chi connectivity index (χ3v) is 8.29. The van der Waals surface area contributed by atoms with Crippen molar-refractivity contribution < 1.29 is 50.9 Å². The molecule has 1 aromatic heterocycles. The summed E-state index contributed by atoms with van der Waals surface area (Å²) in [6.45, 7) is 2.06. The first-order valence-corrected chi connectivity index (χ1v) is 15.5. The highest BCUT2D eigenvalue weighted by Gasteiger charge is 2.38. The summed E-state index contributed by atoms with van der Waals surface area (Å²) in [6.07, 6.45) is -1.03. The second-order valence-corrected chi connectivity index (χ2v) is 11.6. The summed E-state index contributed by atoms with van der Waals surface area (Å²) in [5.74, 6) is -4.37. The van der Waals surface area contributed by atoms with Crippen molar-refractivity contribution in [1.82, 2.24) is 4.98 Å². The maximum Gasteiger partial charge on any atom is 0.421 e. The van der Waals surface area contributed by atoms with Crippen molar-refractivity contribution >= 4 is 39.3 Å². The lowest BCUT2D eigenvalue weighted by atomic mass is 9.82. The molecule has 3 rings (SSSR count). The summed E-state index contributed by atoms with van der Waals surface area (Å²) < 4.78 is 78.7. The molecule has 1 aliphatic rings. The zero-order valence-corrected chi connectivity index (χ0v) is 27.1. The number of halogens is 5. The number of aryl methyl sites for hydroxylation is 1. The number of nitrogens with zero attached hydrogens (tertiary/aromatic N) is 2. The molecule has 1 aromatic carbocycles. The Bertz CT molecular complexity index is 1340. The number of amides is 1. The number of benzene rings is 1. The molecule has 0 radical (unpaired) electrons. The number of anilines is 1. The van der Waals surface area contributed by atoms with Gasteiger partial charge in [-0.05, 0) is 49.7 Å². The van der Waals surface area contributed by atoms with E-state index in [0.717, 1.165) is 44.3 Å². The third kappa shape index (κ3) is 9.46. The Hall–Kier alpha value is -3.10. The maximum atomic E-state index is 15.8. The van der Waals surface area contributed by atoms with Crippen LogP contribution in [0.4, 0.5) is 23.2 Å². The number of rotatable bonds is 14. The van der Waals surface area contributed by atoms with E-state index in [0.29, 0.717) is 18.8 Å². The molecule has 0 N–H and O–H groups in total. The Morgan fingerprint density at radius 3 is 2.24 bits per heavy atom. The third-order valence-electron chi connectivity index (χ3n) is 7.66. The van der Waals surface area contributed by atoms with E-state index in [9.17, 15) is 27.6 Å². The minimum atomic E-state index is -4.94. The summed E-state index contributed by atoms with van der Waals surface area (Å²) in [5.41, 5.74) is -1.64. The topological polar surface area (TPSA) is 104 Å². The number of ketones is 1. The van der Waals surface area contributed by atoms with E-state index in [-0.39, 0.29) is 59.9 Å². The minimum absolute atomic E-state index is 0.00419. The van der Waals surface area contributed by atoms with Crippen LogP contribution in [0.15, 0.2) is 24.4 Å². The Balaban J connectivity index is 2.11. The molecule has 9 nitrogen and oxygen atoms in total. The number of esters is 1. The SMILES string of the molecule is COCC(COC)N(c1cc(F)c(Oc2ncc(CCC(=O)CBr)cc2C(F)(F)F)cc1C(=O)OC)C(=O)[C@H]1CC[C@H](C)CC1. The van der Waals surface area contributed by atoms with Crippen LogP contribution in [0.1, 0.15) is 60.5 Å². The van der Waals surface area contributed by atoms with E-state index >= 15 is 4.39 Å². The van der Waals surface area contributed by atoms with E-state index in [1.54, 1.807) is 0 Å². The number of ether oxygens (including phenoxy) is 4. The number of aromatic nitrogens is 1. The number of pyridine rings is 1. The molecular weight excluding hydrogens is 668 g/mol. The lowest BCUT2D eigenvalue weighted by Crippen LogP contribution is -2.49. The number of methoxy groups -OCH3 is 3. The van der Waals surface area contributed by atoms with E-state index in [1.807, 2.05) is 0 Å². The molecule has 1 amide bonds. The zero-order chi connectivity index (χ0) is 33.3. The van der Waals surface area contributed by atoms with Crippen molar-refractivity contribution in [2.75, 3.05) is 44.8 Å². The number of carbonyl (C=O) groups is 3. The highest BCUT2D eigenvalue weighted by atomic mass is 79.9. The van der Waals surface area contributed by atoms with E-state index < -0.39 is 47.1 Å². The molecule has 45 heavy (non-hydrogen) atoms.